The first-order valence-electron chi connectivity index (χ1n) is 22.7. The molecule has 0 unspecified atom stereocenters. The Bertz CT molecular complexity index is 4360. The first kappa shape index (κ1) is 46.0. The molecule has 2 aromatic heterocycles. The predicted molar refractivity (Wildman–Crippen MR) is 270 cm³/mol. The van der Waals surface area contributed by atoms with E-state index in [9.17, 15) is 52.7 Å². The van der Waals surface area contributed by atoms with Crippen LogP contribution in [0.15, 0.2) is 176 Å². The van der Waals surface area contributed by atoms with Gasteiger partial charge in [-0.15, -0.1) is 0 Å². The molecule has 0 bridgehead atoms. The fourth-order valence-electron chi connectivity index (χ4n) is 10.0. The molecular weight excluding hydrogens is 945 g/mol. The number of nitriles is 5. The molecule has 350 valence electrons. The number of hydrogen-bond donors (Lipinski definition) is 0. The number of alkyl halides is 6. The van der Waals surface area contributed by atoms with Crippen LogP contribution in [0.4, 0.5) is 26.3 Å². The highest BCUT2D eigenvalue weighted by atomic mass is 19.4. The lowest BCUT2D eigenvalue weighted by molar-refractivity contribution is -0.142. The fraction of sp³-hybridized carbons (Fsp3) is 0.0328. The number of rotatable bonds is 6. The number of aromatic nitrogens is 2. The summed E-state index contributed by atoms with van der Waals surface area (Å²) in [5, 5.41) is 52.7. The van der Waals surface area contributed by atoms with E-state index in [0.29, 0.717) is 95.1 Å². The zero-order valence-electron chi connectivity index (χ0n) is 38.1. The zero-order chi connectivity index (χ0) is 51.6. The van der Waals surface area contributed by atoms with Crippen molar-refractivity contribution in [2.24, 2.45) is 0 Å². The quantitative estimate of drug-likeness (QED) is 0.153. The van der Waals surface area contributed by atoms with Crippen molar-refractivity contribution in [3.8, 4) is 86.2 Å². The molecule has 0 fully saturated rings. The van der Waals surface area contributed by atoms with Crippen LogP contribution in [-0.2, 0) is 12.4 Å². The molecule has 0 N–H and O–H groups in total. The molecule has 9 aromatic carbocycles. The fourth-order valence-corrected chi connectivity index (χ4v) is 10.0. The number of fused-ring (bicyclic) bond motifs is 6. The van der Waals surface area contributed by atoms with Gasteiger partial charge in [0.05, 0.1) is 103 Å². The second-order valence-electron chi connectivity index (χ2n) is 17.5. The van der Waals surface area contributed by atoms with Crippen LogP contribution in [-0.4, -0.2) is 9.13 Å². The zero-order valence-corrected chi connectivity index (χ0v) is 38.1. The van der Waals surface area contributed by atoms with Crippen molar-refractivity contribution in [2.75, 3.05) is 0 Å². The van der Waals surface area contributed by atoms with Gasteiger partial charge in [-0.25, -0.2) is 0 Å². The Morgan fingerprint density at radius 3 is 1.26 bits per heavy atom. The highest BCUT2D eigenvalue weighted by molar-refractivity contribution is 6.13. The van der Waals surface area contributed by atoms with Crippen LogP contribution in [0.25, 0.3) is 99.5 Å². The summed E-state index contributed by atoms with van der Waals surface area (Å²) < 4.78 is 91.0. The van der Waals surface area contributed by atoms with Crippen molar-refractivity contribution in [1.82, 2.24) is 9.13 Å². The van der Waals surface area contributed by atoms with Crippen molar-refractivity contribution in [3.05, 3.63) is 215 Å². The molecule has 0 spiro atoms. The van der Waals surface area contributed by atoms with Crippen molar-refractivity contribution >= 4 is 43.6 Å². The summed E-state index contributed by atoms with van der Waals surface area (Å²) in [6.07, 6.45) is -10.2. The minimum absolute atomic E-state index is 0.0305. The summed E-state index contributed by atoms with van der Waals surface area (Å²) in [5.41, 5.74) is 5.20. The number of para-hydroxylation sites is 2. The Balaban J connectivity index is 1.22. The highest BCUT2D eigenvalue weighted by Crippen LogP contribution is 2.46. The van der Waals surface area contributed by atoms with Gasteiger partial charge >= 0.3 is 12.4 Å². The van der Waals surface area contributed by atoms with Gasteiger partial charge in [0.2, 0.25) is 0 Å². The van der Waals surface area contributed by atoms with Crippen LogP contribution in [0.3, 0.4) is 0 Å². The van der Waals surface area contributed by atoms with Gasteiger partial charge in [-0.1, -0.05) is 66.7 Å². The number of hydrogen-bond acceptors (Lipinski definition) is 5. The maximum Gasteiger partial charge on any atom is 0.417 e. The van der Waals surface area contributed by atoms with E-state index < -0.39 is 29.0 Å². The lowest BCUT2D eigenvalue weighted by atomic mass is 9.92. The Labute approximate surface area is 417 Å². The Hall–Kier alpha value is -10.4. The van der Waals surface area contributed by atoms with Gasteiger partial charge in [-0.2, -0.15) is 52.7 Å². The molecule has 2 heterocycles. The molecule has 74 heavy (non-hydrogen) atoms. The van der Waals surface area contributed by atoms with E-state index >= 15 is 0 Å². The van der Waals surface area contributed by atoms with Gasteiger partial charge in [0.1, 0.15) is 0 Å². The molecule has 0 amide bonds. The van der Waals surface area contributed by atoms with E-state index in [1.165, 1.54) is 24.3 Å². The Morgan fingerprint density at radius 1 is 0.311 bits per heavy atom. The molecule has 11 aromatic rings. The number of nitrogens with zero attached hydrogens (tertiary/aromatic N) is 7. The molecule has 0 aliphatic rings. The molecule has 0 aliphatic carbocycles. The SMILES string of the molecule is N#Cc1cc(C#N)cc(-c2ccc3c(c2)c2ccccc2n3-c2ccc(-c3ccc(C(F)(F)F)cc3C(F)(F)F)cc2-c2ccc(C#N)cc2-n2c3ccccc3c3cc(-c4cc(C#N)cc(C#N)c4)ccc32)c1. The smallest absolute Gasteiger partial charge is 0.309 e. The second kappa shape index (κ2) is 17.5. The molecular formula is C61H29F6N7. The first-order chi connectivity index (χ1) is 35.7. The van der Waals surface area contributed by atoms with E-state index in [1.807, 2.05) is 94.1 Å². The number of halogens is 6. The molecule has 0 saturated heterocycles. The van der Waals surface area contributed by atoms with Gasteiger partial charge in [-0.05, 0) is 143 Å². The molecule has 7 nitrogen and oxygen atoms in total. The summed E-state index contributed by atoms with van der Waals surface area (Å²) in [7, 11) is 0. The Morgan fingerprint density at radius 2 is 0.770 bits per heavy atom. The molecule has 0 aliphatic heterocycles. The van der Waals surface area contributed by atoms with Gasteiger partial charge in [0.25, 0.3) is 0 Å². The average Bonchev–Trinajstić information content (AvgIpc) is 3.93. The lowest BCUT2D eigenvalue weighted by Gasteiger charge is -2.21. The summed E-state index contributed by atoms with van der Waals surface area (Å²) >= 11 is 0. The van der Waals surface area contributed by atoms with Gasteiger partial charge in [0, 0.05) is 32.7 Å². The largest absolute Gasteiger partial charge is 0.417 e. The van der Waals surface area contributed by atoms with Crippen LogP contribution in [0.5, 0.6) is 0 Å². The van der Waals surface area contributed by atoms with Gasteiger partial charge < -0.3 is 9.13 Å². The molecule has 0 radical (unpaired) electrons. The third kappa shape index (κ3) is 7.78. The van der Waals surface area contributed by atoms with Crippen molar-refractivity contribution in [2.45, 2.75) is 12.4 Å². The highest BCUT2D eigenvalue weighted by Gasteiger charge is 2.38. The summed E-state index contributed by atoms with van der Waals surface area (Å²) in [6.45, 7) is 0. The first-order valence-corrected chi connectivity index (χ1v) is 22.7. The third-order valence-electron chi connectivity index (χ3n) is 13.3. The van der Waals surface area contributed by atoms with Crippen LogP contribution in [0.2, 0.25) is 0 Å². The third-order valence-corrected chi connectivity index (χ3v) is 13.3. The predicted octanol–water partition coefficient (Wildman–Crippen LogP) is 15.9. The van der Waals surface area contributed by atoms with Crippen LogP contribution in [0.1, 0.15) is 38.9 Å². The standard InChI is InChI=1S/C61H29F6N7/c62-60(63,64)45-13-15-46(53(29-45)61(65,66)67)42-12-18-57(73-54-7-3-1-5-47(54)50-26-40(10-16-56(50)73)43-21-36(31-69)19-37(22-43)32-70)52(28-42)49-14-9-35(30-68)25-59(49)74-55-8-4-2-6-48(55)51-27-41(11-17-58(51)74)44-23-38(33-71)20-39(24-44)34-72/h1-29H. The van der Waals surface area contributed by atoms with Crippen molar-refractivity contribution in [1.29, 1.82) is 26.3 Å². The normalized spacial score (nSPS) is 11.6. The molecule has 11 rings (SSSR count). The minimum atomic E-state index is -5.19. The van der Waals surface area contributed by atoms with Crippen LogP contribution < -0.4 is 0 Å². The Kier molecular flexibility index (Phi) is 10.9. The summed E-state index contributed by atoms with van der Waals surface area (Å²) in [4.78, 5) is 0. The van der Waals surface area contributed by atoms with Gasteiger partial charge in [-0.3, -0.25) is 0 Å². The maximum absolute atomic E-state index is 15.0. The van der Waals surface area contributed by atoms with E-state index in [0.717, 1.165) is 27.6 Å². The molecule has 0 atom stereocenters. The maximum atomic E-state index is 15.0. The summed E-state index contributed by atoms with van der Waals surface area (Å²) in [5.74, 6) is 0. The molecule has 0 saturated carbocycles. The van der Waals surface area contributed by atoms with E-state index in [4.69, 9.17) is 0 Å². The lowest BCUT2D eigenvalue weighted by Crippen LogP contribution is -2.12. The van der Waals surface area contributed by atoms with Crippen LogP contribution in [0, 0.1) is 56.7 Å². The topological polar surface area (TPSA) is 129 Å². The summed E-state index contributed by atoms with van der Waals surface area (Å²) in [6, 6.07) is 58.1. The number of benzene rings is 9. The minimum Gasteiger partial charge on any atom is -0.309 e. The molecule has 13 heteroatoms. The van der Waals surface area contributed by atoms with E-state index in [2.05, 4.69) is 30.3 Å². The van der Waals surface area contributed by atoms with E-state index in [1.54, 1.807) is 48.5 Å². The van der Waals surface area contributed by atoms with Crippen molar-refractivity contribution in [3.63, 3.8) is 0 Å². The van der Waals surface area contributed by atoms with Crippen molar-refractivity contribution < 1.29 is 26.3 Å². The average molecular weight is 974 g/mol. The second-order valence-corrected chi connectivity index (χ2v) is 17.5. The van der Waals surface area contributed by atoms with Crippen LogP contribution >= 0.6 is 0 Å². The van der Waals surface area contributed by atoms with E-state index in [-0.39, 0.29) is 17.2 Å². The van der Waals surface area contributed by atoms with Gasteiger partial charge in [0.15, 0.2) is 0 Å². The monoisotopic (exact) mass is 973 g/mol.